The molecule has 6 nitrogen and oxygen atoms in total. The first-order valence-corrected chi connectivity index (χ1v) is 11.7. The molecule has 1 aliphatic carbocycles. The smallest absolute Gasteiger partial charge is 0.291 e. The van der Waals surface area contributed by atoms with Crippen LogP contribution in [-0.2, 0) is 19.9 Å². The van der Waals surface area contributed by atoms with Crippen LogP contribution in [0.15, 0.2) is 18.2 Å². The molecule has 5 rings (SSSR count). The lowest BCUT2D eigenvalue weighted by Crippen LogP contribution is -2.99. The minimum atomic E-state index is -1.26. The first-order valence-electron chi connectivity index (χ1n) is 10.3. The minimum Gasteiger partial charge on any atom is -0.326 e. The number of benzene rings is 1. The molecule has 1 spiro atoms. The van der Waals surface area contributed by atoms with E-state index in [1.165, 1.54) is 17.0 Å². The van der Waals surface area contributed by atoms with Gasteiger partial charge in [-0.15, -0.1) is 0 Å². The van der Waals surface area contributed by atoms with Crippen LogP contribution in [0, 0.1) is 17.7 Å². The van der Waals surface area contributed by atoms with Gasteiger partial charge in [0.1, 0.15) is 23.7 Å². The van der Waals surface area contributed by atoms with Crippen molar-refractivity contribution in [2.75, 3.05) is 17.3 Å². The molecule has 29 heavy (non-hydrogen) atoms. The normalized spacial score (nSPS) is 33.7. The van der Waals surface area contributed by atoms with Crippen LogP contribution in [0.25, 0.3) is 0 Å². The second-order valence-corrected chi connectivity index (χ2v) is 9.60. The van der Waals surface area contributed by atoms with Gasteiger partial charge in [-0.2, -0.15) is 11.8 Å². The van der Waals surface area contributed by atoms with Crippen LogP contribution in [0.2, 0.25) is 0 Å². The fraction of sp³-hybridized carbons (Fsp3) is 0.571. The monoisotopic (exact) mass is 418 g/mol. The van der Waals surface area contributed by atoms with Gasteiger partial charge in [-0.05, 0) is 43.0 Å². The molecule has 4 aliphatic rings. The number of anilines is 1. The second-order valence-electron chi connectivity index (χ2n) is 8.61. The largest absolute Gasteiger partial charge is 0.326 e. The van der Waals surface area contributed by atoms with E-state index < -0.39 is 23.2 Å². The molecule has 3 heterocycles. The molecule has 0 unspecified atom stereocenters. The Kier molecular flexibility index (Phi) is 4.47. The zero-order valence-corrected chi connectivity index (χ0v) is 17.1. The second kappa shape index (κ2) is 6.80. The van der Waals surface area contributed by atoms with E-state index in [2.05, 4.69) is 5.32 Å². The molecule has 3 fully saturated rings. The SMILES string of the molecule is CSCC[C@H]1[NH2+][C@@]2(C(=O)Nc3ccc(F)cc32)[C@H]2C(=O)N(C3CCCC3)C(=O)[C@H]12. The molecule has 8 heteroatoms. The van der Waals surface area contributed by atoms with Gasteiger partial charge in [0.05, 0.1) is 5.69 Å². The summed E-state index contributed by atoms with van der Waals surface area (Å²) < 4.78 is 14.1. The van der Waals surface area contributed by atoms with Crippen molar-refractivity contribution in [3.63, 3.8) is 0 Å². The molecular weight excluding hydrogens is 393 g/mol. The number of rotatable bonds is 4. The number of fused-ring (bicyclic) bond motifs is 4. The molecule has 1 aromatic carbocycles. The maximum atomic E-state index is 14.1. The number of amides is 3. The first kappa shape index (κ1) is 19.1. The van der Waals surface area contributed by atoms with Gasteiger partial charge in [-0.3, -0.25) is 19.3 Å². The van der Waals surface area contributed by atoms with Crippen molar-refractivity contribution >= 4 is 35.2 Å². The molecule has 2 saturated heterocycles. The summed E-state index contributed by atoms with van der Waals surface area (Å²) in [5.41, 5.74) is -0.222. The number of carbonyl (C=O) groups is 3. The fourth-order valence-corrected chi connectivity index (χ4v) is 6.51. The molecule has 1 saturated carbocycles. The van der Waals surface area contributed by atoms with E-state index in [-0.39, 0.29) is 29.8 Å². The molecule has 3 amide bonds. The van der Waals surface area contributed by atoms with E-state index >= 15 is 0 Å². The molecular formula is C21H25FN3O3S+. The summed E-state index contributed by atoms with van der Waals surface area (Å²) in [6.45, 7) is 0. The van der Waals surface area contributed by atoms with Crippen molar-refractivity contribution in [1.82, 2.24) is 4.90 Å². The number of quaternary nitrogens is 1. The van der Waals surface area contributed by atoms with E-state index in [0.717, 1.165) is 37.9 Å². The summed E-state index contributed by atoms with van der Waals surface area (Å²) in [7, 11) is 0. The third kappa shape index (κ3) is 2.54. The highest BCUT2D eigenvalue weighted by Gasteiger charge is 2.74. The Morgan fingerprint density at radius 2 is 2.00 bits per heavy atom. The third-order valence-electron chi connectivity index (χ3n) is 7.21. The van der Waals surface area contributed by atoms with E-state index in [9.17, 15) is 18.8 Å². The van der Waals surface area contributed by atoms with Crippen molar-refractivity contribution in [3.8, 4) is 0 Å². The Hall–Kier alpha value is -1.93. The number of carbonyl (C=O) groups excluding carboxylic acids is 3. The molecule has 154 valence electrons. The highest BCUT2D eigenvalue weighted by molar-refractivity contribution is 7.98. The van der Waals surface area contributed by atoms with Crippen molar-refractivity contribution in [3.05, 3.63) is 29.6 Å². The summed E-state index contributed by atoms with van der Waals surface area (Å²) in [4.78, 5) is 41.8. The number of imide groups is 1. The number of nitrogens with one attached hydrogen (secondary N) is 1. The lowest BCUT2D eigenvalue weighted by atomic mass is 9.76. The van der Waals surface area contributed by atoms with Gasteiger partial charge in [-0.25, -0.2) is 4.39 Å². The van der Waals surface area contributed by atoms with Gasteiger partial charge in [-0.1, -0.05) is 12.8 Å². The number of hydrogen-bond donors (Lipinski definition) is 2. The summed E-state index contributed by atoms with van der Waals surface area (Å²) in [6, 6.07) is 3.98. The molecule has 1 aromatic rings. The van der Waals surface area contributed by atoms with Gasteiger partial charge in [0.2, 0.25) is 17.4 Å². The zero-order valence-electron chi connectivity index (χ0n) is 16.3. The molecule has 0 aromatic heterocycles. The van der Waals surface area contributed by atoms with Crippen molar-refractivity contribution in [1.29, 1.82) is 0 Å². The zero-order chi connectivity index (χ0) is 20.3. The predicted molar refractivity (Wildman–Crippen MR) is 107 cm³/mol. The van der Waals surface area contributed by atoms with Gasteiger partial charge >= 0.3 is 0 Å². The Labute approximate surface area is 173 Å². The number of thioether (sulfide) groups is 1. The van der Waals surface area contributed by atoms with Gasteiger partial charge in [0.25, 0.3) is 5.91 Å². The predicted octanol–water partition coefficient (Wildman–Crippen LogP) is 1.22. The number of hydrogen-bond acceptors (Lipinski definition) is 4. The molecule has 0 bridgehead atoms. The summed E-state index contributed by atoms with van der Waals surface area (Å²) in [5.74, 6) is -1.61. The first-order chi connectivity index (χ1) is 14.0. The standard InChI is InChI=1S/C21H24FN3O3S/c1-29-9-8-15-16-17(19(27)25(18(16)26)12-4-2-3-5-12)21(24-15)13-10-11(22)6-7-14(13)23-20(21)28/h6-7,10,12,15-17,24H,2-5,8-9H2,1H3,(H,23,28)/p+1/t15-,16-,17-,21-/m1/s1. The molecule has 3 N–H and O–H groups in total. The Morgan fingerprint density at radius 1 is 1.24 bits per heavy atom. The van der Waals surface area contributed by atoms with Gasteiger partial charge in [0, 0.05) is 18.0 Å². The topological polar surface area (TPSA) is 83.1 Å². The average Bonchev–Trinajstić information content (AvgIpc) is 3.43. The van der Waals surface area contributed by atoms with Gasteiger partial charge < -0.3 is 10.6 Å². The van der Waals surface area contributed by atoms with E-state index in [1.54, 1.807) is 17.8 Å². The summed E-state index contributed by atoms with van der Waals surface area (Å²) in [6.07, 6.45) is 6.42. The van der Waals surface area contributed by atoms with Gasteiger partial charge in [0.15, 0.2) is 0 Å². The highest BCUT2D eigenvalue weighted by Crippen LogP contribution is 2.50. The van der Waals surface area contributed by atoms with E-state index in [1.807, 2.05) is 11.6 Å². The van der Waals surface area contributed by atoms with Crippen LogP contribution in [0.4, 0.5) is 10.1 Å². The van der Waals surface area contributed by atoms with Crippen LogP contribution in [0.3, 0.4) is 0 Å². The van der Waals surface area contributed by atoms with Crippen LogP contribution in [0.5, 0.6) is 0 Å². The van der Waals surface area contributed by atoms with Crippen molar-refractivity contribution in [2.24, 2.45) is 11.8 Å². The van der Waals surface area contributed by atoms with Crippen LogP contribution >= 0.6 is 11.8 Å². The van der Waals surface area contributed by atoms with Crippen LogP contribution < -0.4 is 10.6 Å². The highest BCUT2D eigenvalue weighted by atomic mass is 32.2. The van der Waals surface area contributed by atoms with E-state index in [0.29, 0.717) is 11.3 Å². The minimum absolute atomic E-state index is 0.0599. The lowest BCUT2D eigenvalue weighted by molar-refractivity contribution is -0.733. The quantitative estimate of drug-likeness (QED) is 0.721. The Bertz CT molecular complexity index is 903. The number of nitrogens with zero attached hydrogens (tertiary/aromatic N) is 1. The van der Waals surface area contributed by atoms with Crippen molar-refractivity contribution < 1.29 is 24.1 Å². The fourth-order valence-electron chi connectivity index (χ4n) is 6.00. The number of nitrogens with two attached hydrogens (primary N) is 1. The van der Waals surface area contributed by atoms with Crippen molar-refractivity contribution in [2.45, 2.75) is 49.7 Å². The maximum absolute atomic E-state index is 14.1. The summed E-state index contributed by atoms with van der Waals surface area (Å²) in [5, 5.41) is 4.73. The Morgan fingerprint density at radius 3 is 2.72 bits per heavy atom. The Balaban J connectivity index is 1.63. The third-order valence-corrected chi connectivity index (χ3v) is 7.85. The molecule has 3 aliphatic heterocycles. The number of halogens is 1. The van der Waals surface area contributed by atoms with Crippen LogP contribution in [-0.4, -0.2) is 46.7 Å². The lowest BCUT2D eigenvalue weighted by Gasteiger charge is -2.28. The average molecular weight is 419 g/mol. The summed E-state index contributed by atoms with van der Waals surface area (Å²) >= 11 is 1.68. The van der Waals surface area contributed by atoms with E-state index in [4.69, 9.17) is 0 Å². The molecule has 0 radical (unpaired) electrons. The van der Waals surface area contributed by atoms with Crippen LogP contribution in [0.1, 0.15) is 37.7 Å². The molecule has 4 atom stereocenters. The number of likely N-dealkylation sites (tertiary alicyclic amines) is 1. The maximum Gasteiger partial charge on any atom is 0.291 e.